The van der Waals surface area contributed by atoms with Gasteiger partial charge in [-0.15, -0.1) is 21.9 Å². The Morgan fingerprint density at radius 3 is 1.54 bits per heavy atom. The van der Waals surface area contributed by atoms with Gasteiger partial charge in [-0.25, -0.2) is 0 Å². The maximum absolute atomic E-state index is 14.9. The van der Waals surface area contributed by atoms with E-state index >= 15 is 0 Å². The van der Waals surface area contributed by atoms with E-state index < -0.39 is 23.0 Å². The zero-order valence-corrected chi connectivity index (χ0v) is 15.1. The number of hydrogen-bond acceptors (Lipinski definition) is 5. The quantitative estimate of drug-likeness (QED) is 0.502. The molecular formula is C13H13F3N3O2P3. The normalized spacial score (nSPS) is 32.0. The topological polar surface area (TPSA) is 55.5 Å². The van der Waals surface area contributed by atoms with Crippen LogP contribution in [0.5, 0.6) is 11.5 Å². The molecule has 0 saturated heterocycles. The van der Waals surface area contributed by atoms with E-state index in [1.807, 2.05) is 0 Å². The van der Waals surface area contributed by atoms with Crippen molar-refractivity contribution in [3.63, 3.8) is 0 Å². The summed E-state index contributed by atoms with van der Waals surface area (Å²) in [6, 6.07) is 15.6. The smallest absolute Gasteiger partial charge is 0.419 e. The van der Waals surface area contributed by atoms with Gasteiger partial charge in [-0.05, 0) is 24.3 Å². The molecule has 3 rings (SSSR count). The largest absolute Gasteiger partial charge is 0.440 e. The fourth-order valence-corrected chi connectivity index (χ4v) is 8.97. The van der Waals surface area contributed by atoms with Crippen molar-refractivity contribution in [2.75, 3.05) is 6.66 Å². The molecule has 5 nitrogen and oxygen atoms in total. The number of para-hydroxylation sites is 2. The van der Waals surface area contributed by atoms with Crippen LogP contribution in [-0.4, -0.2) is 6.66 Å². The highest BCUT2D eigenvalue weighted by Crippen LogP contribution is 2.79. The van der Waals surface area contributed by atoms with Crippen LogP contribution in [0, 0.1) is 0 Å². The standard InChI is InChI=1S/C13H13F3N3O2P3/c1-22(14)17-23(15,20-12-8-4-2-5-9-12)19-24(16,18-22)21-13-10-6-3-7-11-13/h2-11H,1H3. The summed E-state index contributed by atoms with van der Waals surface area (Å²) in [6.45, 7) is 0.938. The lowest BCUT2D eigenvalue weighted by Gasteiger charge is -2.22. The second kappa shape index (κ2) is 6.44. The summed E-state index contributed by atoms with van der Waals surface area (Å²) >= 11 is 0. The molecule has 2 aromatic carbocycles. The Morgan fingerprint density at radius 1 is 0.667 bits per heavy atom. The summed E-state index contributed by atoms with van der Waals surface area (Å²) < 4.78 is 64.4. The van der Waals surface area contributed by atoms with Gasteiger partial charge in [-0.2, -0.15) is 4.20 Å². The van der Waals surface area contributed by atoms with Crippen LogP contribution in [0.25, 0.3) is 0 Å². The zero-order chi connectivity index (χ0) is 17.3. The fourth-order valence-electron chi connectivity index (χ4n) is 1.90. The highest BCUT2D eigenvalue weighted by atomic mass is 31.3. The van der Waals surface area contributed by atoms with Crippen LogP contribution in [0.2, 0.25) is 0 Å². The first-order valence-electron chi connectivity index (χ1n) is 6.75. The van der Waals surface area contributed by atoms with Gasteiger partial charge in [-0.1, -0.05) is 36.4 Å². The monoisotopic (exact) mass is 393 g/mol. The molecule has 1 aliphatic rings. The van der Waals surface area contributed by atoms with Gasteiger partial charge in [0.25, 0.3) is 7.52 Å². The van der Waals surface area contributed by atoms with Crippen LogP contribution in [-0.2, 0) is 0 Å². The lowest BCUT2D eigenvalue weighted by Crippen LogP contribution is -1.93. The fraction of sp³-hybridized carbons (Fsp3) is 0.0769. The van der Waals surface area contributed by atoms with E-state index in [4.69, 9.17) is 9.05 Å². The summed E-state index contributed by atoms with van der Waals surface area (Å²) in [5.41, 5.74) is 0. The van der Waals surface area contributed by atoms with E-state index in [0.29, 0.717) is 0 Å². The lowest BCUT2D eigenvalue weighted by molar-refractivity contribution is 0.534. The molecule has 0 N–H and O–H groups in total. The van der Waals surface area contributed by atoms with Crippen molar-refractivity contribution in [1.29, 1.82) is 0 Å². The Balaban J connectivity index is 2.02. The van der Waals surface area contributed by atoms with Crippen molar-refractivity contribution in [2.45, 2.75) is 0 Å². The second-order valence-electron chi connectivity index (χ2n) is 4.83. The molecule has 128 valence electrons. The highest BCUT2D eigenvalue weighted by molar-refractivity contribution is 7.79. The molecule has 0 spiro atoms. The van der Waals surface area contributed by atoms with Crippen LogP contribution >= 0.6 is 23.0 Å². The van der Waals surface area contributed by atoms with Gasteiger partial charge in [-0.3, -0.25) is 0 Å². The summed E-state index contributed by atoms with van der Waals surface area (Å²) in [5, 5.41) is 0. The third kappa shape index (κ3) is 4.32. The third-order valence-corrected chi connectivity index (χ3v) is 9.73. The molecule has 0 aliphatic carbocycles. The Morgan fingerprint density at radius 2 is 1.08 bits per heavy atom. The van der Waals surface area contributed by atoms with Gasteiger partial charge in [0.05, 0.1) is 0 Å². The van der Waals surface area contributed by atoms with Gasteiger partial charge in [0.1, 0.15) is 11.5 Å². The Kier molecular flexibility index (Phi) is 4.65. The molecule has 3 atom stereocenters. The van der Waals surface area contributed by atoms with Crippen molar-refractivity contribution < 1.29 is 21.6 Å². The third-order valence-electron chi connectivity index (χ3n) is 2.70. The SMILES string of the molecule is CP1(F)=NP(F)(Oc2ccccc2)=NP(F)(Oc2ccccc2)=N1. The molecule has 0 fully saturated rings. The Labute approximate surface area is 137 Å². The van der Waals surface area contributed by atoms with E-state index in [1.165, 1.54) is 24.3 Å². The van der Waals surface area contributed by atoms with Crippen molar-refractivity contribution in [3.05, 3.63) is 60.7 Å². The molecule has 0 aromatic heterocycles. The molecule has 1 aliphatic heterocycles. The first-order chi connectivity index (χ1) is 11.3. The molecule has 11 heteroatoms. The molecule has 3 unspecified atom stereocenters. The summed E-state index contributed by atoms with van der Waals surface area (Å²) in [5.74, 6) is 0.156. The minimum Gasteiger partial charge on any atom is -0.419 e. The van der Waals surface area contributed by atoms with Gasteiger partial charge < -0.3 is 9.05 Å². The van der Waals surface area contributed by atoms with Gasteiger partial charge in [0.2, 0.25) is 0 Å². The number of halogens is 3. The van der Waals surface area contributed by atoms with E-state index in [1.54, 1.807) is 36.4 Å². The number of hydrogen-bond donors (Lipinski definition) is 0. The summed E-state index contributed by atoms with van der Waals surface area (Å²) in [4.78, 5) is 0. The van der Waals surface area contributed by atoms with Crippen molar-refractivity contribution >= 4 is 23.0 Å². The van der Waals surface area contributed by atoms with Crippen LogP contribution < -0.4 is 9.05 Å². The van der Waals surface area contributed by atoms with E-state index in [-0.39, 0.29) is 11.5 Å². The minimum absolute atomic E-state index is 0.0778. The van der Waals surface area contributed by atoms with Crippen LogP contribution in [0.4, 0.5) is 12.6 Å². The molecule has 0 radical (unpaired) electrons. The second-order valence-corrected chi connectivity index (χ2v) is 10.9. The number of rotatable bonds is 4. The van der Waals surface area contributed by atoms with Gasteiger partial charge in [0, 0.05) is 6.66 Å². The van der Waals surface area contributed by atoms with Gasteiger partial charge in [0.15, 0.2) is 0 Å². The minimum atomic E-state index is -4.59. The highest BCUT2D eigenvalue weighted by Gasteiger charge is 2.40. The van der Waals surface area contributed by atoms with E-state index in [0.717, 1.165) is 6.66 Å². The first kappa shape index (κ1) is 17.3. The lowest BCUT2D eigenvalue weighted by atomic mass is 10.3. The van der Waals surface area contributed by atoms with Crippen molar-refractivity contribution in [1.82, 2.24) is 0 Å². The van der Waals surface area contributed by atoms with Gasteiger partial charge >= 0.3 is 15.5 Å². The summed E-state index contributed by atoms with van der Waals surface area (Å²) in [6.07, 6.45) is 0. The summed E-state index contributed by atoms with van der Waals surface area (Å²) in [7, 11) is -13.3. The molecular weight excluding hydrogens is 380 g/mol. The van der Waals surface area contributed by atoms with E-state index in [9.17, 15) is 12.6 Å². The van der Waals surface area contributed by atoms with E-state index in [2.05, 4.69) is 13.5 Å². The number of benzene rings is 2. The molecule has 0 bridgehead atoms. The van der Waals surface area contributed by atoms with Crippen molar-refractivity contribution in [3.8, 4) is 11.5 Å². The Hall–Kier alpha value is -1.48. The van der Waals surface area contributed by atoms with Crippen LogP contribution in [0.1, 0.15) is 0 Å². The molecule has 2 aromatic rings. The van der Waals surface area contributed by atoms with Crippen LogP contribution in [0.15, 0.2) is 74.2 Å². The Bertz CT molecular complexity index is 853. The molecule has 0 saturated carbocycles. The molecule has 0 amide bonds. The predicted molar refractivity (Wildman–Crippen MR) is 91.4 cm³/mol. The predicted octanol–water partition coefficient (Wildman–Crippen LogP) is 7.62. The maximum Gasteiger partial charge on any atom is 0.440 e. The van der Waals surface area contributed by atoms with Crippen molar-refractivity contribution in [2.24, 2.45) is 13.5 Å². The van der Waals surface area contributed by atoms with Crippen LogP contribution in [0.3, 0.4) is 0 Å². The first-order valence-corrected chi connectivity index (χ1v) is 11.8. The average Bonchev–Trinajstić information content (AvgIpc) is 2.45. The number of nitrogens with zero attached hydrogens (tertiary/aromatic N) is 3. The average molecular weight is 393 g/mol. The molecule has 1 heterocycles. The maximum atomic E-state index is 14.9. The molecule has 24 heavy (non-hydrogen) atoms. The zero-order valence-electron chi connectivity index (χ0n) is 12.4.